The summed E-state index contributed by atoms with van der Waals surface area (Å²) in [4.78, 5) is 11.5. The molecular formula is C19H20ClN3O2. The number of aromatic nitrogens is 1. The molecule has 3 aromatic rings. The Morgan fingerprint density at radius 2 is 1.92 bits per heavy atom. The fraction of sp³-hybridized carbons (Fsp3) is 0.211. The molecule has 0 unspecified atom stereocenters. The number of nitrogen functional groups attached to an aromatic ring is 1. The molecule has 1 amide bonds. The Balaban J connectivity index is 2.01. The number of hydrogen-bond acceptors (Lipinski definition) is 3. The maximum absolute atomic E-state index is 11.5. The highest BCUT2D eigenvalue weighted by atomic mass is 35.5. The molecule has 25 heavy (non-hydrogen) atoms. The van der Waals surface area contributed by atoms with Gasteiger partial charge in [0.25, 0.3) is 0 Å². The second-order valence-electron chi connectivity index (χ2n) is 5.59. The Kier molecular flexibility index (Phi) is 4.86. The van der Waals surface area contributed by atoms with Crippen molar-refractivity contribution in [1.29, 1.82) is 0 Å². The van der Waals surface area contributed by atoms with E-state index in [1.807, 2.05) is 42.5 Å². The number of ether oxygens (including phenoxy) is 1. The number of amides is 1. The lowest BCUT2D eigenvalue weighted by Gasteiger charge is -2.10. The third-order valence-corrected chi connectivity index (χ3v) is 4.30. The first-order valence-electron chi connectivity index (χ1n) is 8.16. The van der Waals surface area contributed by atoms with Crippen molar-refractivity contribution in [3.8, 4) is 11.3 Å². The Labute approximate surface area is 151 Å². The summed E-state index contributed by atoms with van der Waals surface area (Å²) in [6.45, 7) is 4.96. The predicted octanol–water partition coefficient (Wildman–Crippen LogP) is 5.13. The van der Waals surface area contributed by atoms with Crippen LogP contribution in [0, 0.1) is 0 Å². The average molecular weight is 358 g/mol. The van der Waals surface area contributed by atoms with Gasteiger partial charge in [0, 0.05) is 28.2 Å². The van der Waals surface area contributed by atoms with Crippen LogP contribution in [-0.2, 0) is 11.3 Å². The average Bonchev–Trinajstić information content (AvgIpc) is 2.87. The minimum Gasteiger partial charge on any atom is -0.450 e. The molecule has 6 heteroatoms. The van der Waals surface area contributed by atoms with E-state index in [-0.39, 0.29) is 0 Å². The van der Waals surface area contributed by atoms with E-state index in [2.05, 4.69) is 16.8 Å². The minimum atomic E-state index is -0.466. The van der Waals surface area contributed by atoms with Crippen molar-refractivity contribution < 1.29 is 9.53 Å². The second kappa shape index (κ2) is 7.07. The van der Waals surface area contributed by atoms with E-state index in [9.17, 15) is 4.79 Å². The molecule has 3 rings (SSSR count). The highest BCUT2D eigenvalue weighted by molar-refractivity contribution is 6.31. The van der Waals surface area contributed by atoms with E-state index >= 15 is 0 Å². The number of benzene rings is 2. The number of anilines is 2. The largest absolute Gasteiger partial charge is 0.450 e. The number of rotatable bonds is 4. The summed E-state index contributed by atoms with van der Waals surface area (Å²) in [5.41, 5.74) is 10.7. The summed E-state index contributed by atoms with van der Waals surface area (Å²) in [7, 11) is 0. The van der Waals surface area contributed by atoms with Crippen molar-refractivity contribution >= 4 is 40.0 Å². The number of carbonyl (C=O) groups is 1. The zero-order chi connectivity index (χ0) is 18.0. The molecule has 0 bridgehead atoms. The lowest BCUT2D eigenvalue weighted by Crippen LogP contribution is -2.13. The molecule has 0 spiro atoms. The molecule has 1 aromatic heterocycles. The highest BCUT2D eigenvalue weighted by Gasteiger charge is 2.16. The molecule has 2 aromatic carbocycles. The Hall–Kier alpha value is -2.66. The van der Waals surface area contributed by atoms with E-state index in [0.717, 1.165) is 28.7 Å². The van der Waals surface area contributed by atoms with E-state index in [0.29, 0.717) is 23.0 Å². The van der Waals surface area contributed by atoms with Crippen LogP contribution >= 0.6 is 11.6 Å². The standard InChI is InChI=1S/C19H20ClN3O2/c1-3-23-16-10-7-13(20)11-15(16)17(21)18(23)12-5-8-14(9-6-12)22-19(24)25-4-2/h5-11H,3-4,21H2,1-2H3,(H,22,24). The highest BCUT2D eigenvalue weighted by Crippen LogP contribution is 2.37. The number of hydrogen-bond donors (Lipinski definition) is 2. The molecule has 0 radical (unpaired) electrons. The molecular weight excluding hydrogens is 338 g/mol. The van der Waals surface area contributed by atoms with E-state index in [1.54, 1.807) is 6.92 Å². The summed E-state index contributed by atoms with van der Waals surface area (Å²) >= 11 is 6.12. The third kappa shape index (κ3) is 3.28. The Bertz CT molecular complexity index is 917. The van der Waals surface area contributed by atoms with Crippen LogP contribution < -0.4 is 11.1 Å². The van der Waals surface area contributed by atoms with Gasteiger partial charge in [-0.2, -0.15) is 0 Å². The van der Waals surface area contributed by atoms with Gasteiger partial charge in [0.1, 0.15) is 0 Å². The molecule has 0 saturated carbocycles. The molecule has 3 N–H and O–H groups in total. The molecule has 0 saturated heterocycles. The first-order chi connectivity index (χ1) is 12.0. The van der Waals surface area contributed by atoms with E-state index in [1.165, 1.54) is 0 Å². The zero-order valence-corrected chi connectivity index (χ0v) is 14.9. The number of nitrogens with one attached hydrogen (secondary N) is 1. The van der Waals surface area contributed by atoms with Gasteiger partial charge in [0.2, 0.25) is 0 Å². The van der Waals surface area contributed by atoms with Gasteiger partial charge in [-0.3, -0.25) is 5.32 Å². The fourth-order valence-electron chi connectivity index (χ4n) is 2.99. The summed E-state index contributed by atoms with van der Waals surface area (Å²) in [5, 5.41) is 4.28. The number of aryl methyl sites for hydroxylation is 1. The number of nitrogens with two attached hydrogens (primary N) is 1. The number of fused-ring (bicyclic) bond motifs is 1. The first kappa shape index (κ1) is 17.2. The van der Waals surface area contributed by atoms with Gasteiger partial charge < -0.3 is 15.0 Å². The summed E-state index contributed by atoms with van der Waals surface area (Å²) in [5.74, 6) is 0. The summed E-state index contributed by atoms with van der Waals surface area (Å²) < 4.78 is 7.04. The zero-order valence-electron chi connectivity index (χ0n) is 14.2. The van der Waals surface area contributed by atoms with Crippen molar-refractivity contribution in [1.82, 2.24) is 4.57 Å². The second-order valence-corrected chi connectivity index (χ2v) is 6.03. The molecule has 0 atom stereocenters. The van der Waals surface area contributed by atoms with Crippen LogP contribution in [0.3, 0.4) is 0 Å². The first-order valence-corrected chi connectivity index (χ1v) is 8.54. The summed E-state index contributed by atoms with van der Waals surface area (Å²) in [6, 6.07) is 13.3. The lowest BCUT2D eigenvalue weighted by atomic mass is 10.1. The Morgan fingerprint density at radius 1 is 1.20 bits per heavy atom. The monoisotopic (exact) mass is 357 g/mol. The van der Waals surface area contributed by atoms with Crippen LogP contribution in [0.25, 0.3) is 22.2 Å². The van der Waals surface area contributed by atoms with Gasteiger partial charge in [-0.05, 0) is 44.2 Å². The van der Waals surface area contributed by atoms with Crippen LogP contribution in [0.5, 0.6) is 0 Å². The Morgan fingerprint density at radius 3 is 2.56 bits per heavy atom. The smallest absolute Gasteiger partial charge is 0.411 e. The lowest BCUT2D eigenvalue weighted by molar-refractivity contribution is 0.168. The normalized spacial score (nSPS) is 10.8. The quantitative estimate of drug-likeness (QED) is 0.679. The SMILES string of the molecule is CCOC(=O)Nc1ccc(-c2c(N)c3cc(Cl)ccc3n2CC)cc1. The topological polar surface area (TPSA) is 69.3 Å². The van der Waals surface area contributed by atoms with Crippen molar-refractivity contribution in [2.75, 3.05) is 17.7 Å². The van der Waals surface area contributed by atoms with Crippen molar-refractivity contribution in [3.05, 3.63) is 47.5 Å². The number of carbonyl (C=O) groups excluding carboxylic acids is 1. The van der Waals surface area contributed by atoms with E-state index in [4.69, 9.17) is 22.1 Å². The minimum absolute atomic E-state index is 0.333. The van der Waals surface area contributed by atoms with Gasteiger partial charge in [-0.15, -0.1) is 0 Å². The molecule has 0 aliphatic heterocycles. The van der Waals surface area contributed by atoms with Crippen LogP contribution in [0.15, 0.2) is 42.5 Å². The van der Waals surface area contributed by atoms with Gasteiger partial charge in [-0.1, -0.05) is 23.7 Å². The number of nitrogens with zero attached hydrogens (tertiary/aromatic N) is 1. The van der Waals surface area contributed by atoms with Gasteiger partial charge in [-0.25, -0.2) is 4.79 Å². The maximum atomic E-state index is 11.5. The predicted molar refractivity (Wildman–Crippen MR) is 103 cm³/mol. The van der Waals surface area contributed by atoms with Gasteiger partial charge >= 0.3 is 6.09 Å². The van der Waals surface area contributed by atoms with Crippen LogP contribution in [0.2, 0.25) is 5.02 Å². The molecule has 130 valence electrons. The fourth-order valence-corrected chi connectivity index (χ4v) is 3.16. The van der Waals surface area contributed by atoms with Crippen LogP contribution in [-0.4, -0.2) is 17.3 Å². The van der Waals surface area contributed by atoms with Crippen LogP contribution in [0.1, 0.15) is 13.8 Å². The maximum Gasteiger partial charge on any atom is 0.411 e. The number of halogens is 1. The van der Waals surface area contributed by atoms with Gasteiger partial charge in [0.15, 0.2) is 0 Å². The molecule has 1 heterocycles. The third-order valence-electron chi connectivity index (χ3n) is 4.06. The van der Waals surface area contributed by atoms with Crippen LogP contribution in [0.4, 0.5) is 16.2 Å². The van der Waals surface area contributed by atoms with Gasteiger partial charge in [0.05, 0.1) is 23.5 Å². The van der Waals surface area contributed by atoms with Crippen molar-refractivity contribution in [3.63, 3.8) is 0 Å². The molecule has 0 aliphatic rings. The van der Waals surface area contributed by atoms with Crippen molar-refractivity contribution in [2.24, 2.45) is 0 Å². The molecule has 0 aliphatic carbocycles. The molecule has 5 nitrogen and oxygen atoms in total. The molecule has 0 fully saturated rings. The van der Waals surface area contributed by atoms with E-state index < -0.39 is 6.09 Å². The summed E-state index contributed by atoms with van der Waals surface area (Å²) in [6.07, 6.45) is -0.466. The van der Waals surface area contributed by atoms with Crippen molar-refractivity contribution in [2.45, 2.75) is 20.4 Å².